The highest BCUT2D eigenvalue weighted by Crippen LogP contribution is 2.18. The molecule has 0 aromatic carbocycles. The van der Waals surface area contributed by atoms with Crippen molar-refractivity contribution in [1.29, 1.82) is 0 Å². The van der Waals surface area contributed by atoms with Gasteiger partial charge in [0, 0.05) is 5.69 Å². The zero-order valence-electron chi connectivity index (χ0n) is 7.08. The van der Waals surface area contributed by atoms with Crippen LogP contribution in [0, 0.1) is 10.6 Å². The lowest BCUT2D eigenvalue weighted by molar-refractivity contribution is -0.119. The lowest BCUT2D eigenvalue weighted by atomic mass is 10.4. The van der Waals surface area contributed by atoms with Crippen LogP contribution in [0.15, 0.2) is 12.1 Å². The van der Waals surface area contributed by atoms with E-state index in [-0.39, 0.29) is 6.61 Å². The van der Waals surface area contributed by atoms with E-state index in [0.717, 1.165) is 9.39 Å². The van der Waals surface area contributed by atoms with Gasteiger partial charge in [0.1, 0.15) is 3.70 Å². The first-order valence-corrected chi connectivity index (χ1v) is 4.71. The van der Waals surface area contributed by atoms with Gasteiger partial charge < -0.3 is 10.5 Å². The van der Waals surface area contributed by atoms with Gasteiger partial charge in [0.2, 0.25) is 0 Å². The summed E-state index contributed by atoms with van der Waals surface area (Å²) in [6, 6.07) is 3.59. The highest BCUT2D eigenvalue weighted by Gasteiger charge is 2.03. The molecule has 0 aliphatic rings. The third-order valence-corrected chi connectivity index (χ3v) is 2.10. The van der Waals surface area contributed by atoms with Crippen molar-refractivity contribution in [3.8, 4) is 5.75 Å². The van der Waals surface area contributed by atoms with Crippen LogP contribution in [-0.4, -0.2) is 17.5 Å². The number of primary amides is 1. The van der Waals surface area contributed by atoms with Gasteiger partial charge in [-0.2, -0.15) is 0 Å². The van der Waals surface area contributed by atoms with Crippen LogP contribution in [0.1, 0.15) is 5.69 Å². The maximum atomic E-state index is 10.4. The van der Waals surface area contributed by atoms with E-state index in [9.17, 15) is 4.79 Å². The molecule has 1 aromatic rings. The average molecular weight is 292 g/mol. The Bertz CT molecular complexity index is 328. The number of aromatic nitrogens is 1. The lowest BCUT2D eigenvalue weighted by Gasteiger charge is -2.05. The Kier molecular flexibility index (Phi) is 3.47. The molecular weight excluding hydrogens is 283 g/mol. The van der Waals surface area contributed by atoms with Crippen LogP contribution < -0.4 is 10.5 Å². The lowest BCUT2D eigenvalue weighted by Crippen LogP contribution is -2.20. The largest absolute Gasteiger partial charge is 0.481 e. The van der Waals surface area contributed by atoms with Crippen LogP contribution in [0.25, 0.3) is 0 Å². The first-order valence-electron chi connectivity index (χ1n) is 3.64. The second-order valence-corrected chi connectivity index (χ2v) is 3.52. The minimum atomic E-state index is -0.489. The standard InChI is InChI=1S/C8H9IN2O2/c1-5-2-3-6(8(9)11-5)13-4-7(10)12/h2-3H,4H2,1H3,(H2,10,12). The molecule has 1 heterocycles. The van der Waals surface area contributed by atoms with Crippen molar-refractivity contribution in [3.63, 3.8) is 0 Å². The van der Waals surface area contributed by atoms with E-state index in [4.69, 9.17) is 10.5 Å². The highest BCUT2D eigenvalue weighted by molar-refractivity contribution is 14.1. The van der Waals surface area contributed by atoms with Crippen LogP contribution in [0.2, 0.25) is 0 Å². The third-order valence-electron chi connectivity index (χ3n) is 1.32. The molecule has 0 aliphatic carbocycles. The molecule has 1 aromatic heterocycles. The van der Waals surface area contributed by atoms with E-state index in [0.29, 0.717) is 5.75 Å². The summed E-state index contributed by atoms with van der Waals surface area (Å²) in [5, 5.41) is 0. The quantitative estimate of drug-likeness (QED) is 0.664. The molecular formula is C8H9IN2O2. The predicted octanol–water partition coefficient (Wildman–Crippen LogP) is 0.859. The second kappa shape index (κ2) is 4.40. The molecule has 5 heteroatoms. The molecule has 0 saturated carbocycles. The number of carbonyl (C=O) groups excluding carboxylic acids is 1. The van der Waals surface area contributed by atoms with E-state index >= 15 is 0 Å². The number of halogens is 1. The molecule has 70 valence electrons. The number of rotatable bonds is 3. The number of nitrogens with two attached hydrogens (primary N) is 1. The van der Waals surface area contributed by atoms with Crippen LogP contribution in [-0.2, 0) is 4.79 Å². The maximum Gasteiger partial charge on any atom is 0.255 e. The van der Waals surface area contributed by atoms with E-state index < -0.39 is 5.91 Å². The van der Waals surface area contributed by atoms with E-state index in [2.05, 4.69) is 4.98 Å². The SMILES string of the molecule is Cc1ccc(OCC(N)=O)c(I)n1. The molecule has 13 heavy (non-hydrogen) atoms. The van der Waals surface area contributed by atoms with Gasteiger partial charge in [-0.05, 0) is 41.6 Å². The van der Waals surface area contributed by atoms with Gasteiger partial charge in [0.15, 0.2) is 12.4 Å². The monoisotopic (exact) mass is 292 g/mol. The Morgan fingerprint density at radius 1 is 1.69 bits per heavy atom. The first kappa shape index (κ1) is 10.2. The number of hydrogen-bond donors (Lipinski definition) is 1. The molecule has 0 fully saturated rings. The zero-order chi connectivity index (χ0) is 9.84. The number of ether oxygens (including phenoxy) is 1. The van der Waals surface area contributed by atoms with Crippen molar-refractivity contribution in [3.05, 3.63) is 21.5 Å². The average Bonchev–Trinajstić information content (AvgIpc) is 2.02. The molecule has 0 aliphatic heterocycles. The van der Waals surface area contributed by atoms with Crippen molar-refractivity contribution >= 4 is 28.5 Å². The fourth-order valence-corrected chi connectivity index (χ4v) is 1.48. The van der Waals surface area contributed by atoms with Crippen LogP contribution in [0.5, 0.6) is 5.75 Å². The van der Waals surface area contributed by atoms with Gasteiger partial charge in [0.25, 0.3) is 5.91 Å². The summed E-state index contributed by atoms with van der Waals surface area (Å²) in [4.78, 5) is 14.6. The highest BCUT2D eigenvalue weighted by atomic mass is 127. The number of nitrogens with zero attached hydrogens (tertiary/aromatic N) is 1. The van der Waals surface area contributed by atoms with Crippen molar-refractivity contribution in [1.82, 2.24) is 4.98 Å². The van der Waals surface area contributed by atoms with Gasteiger partial charge in [-0.15, -0.1) is 0 Å². The van der Waals surface area contributed by atoms with E-state index in [1.807, 2.05) is 35.6 Å². The molecule has 1 rings (SSSR count). The first-order chi connectivity index (χ1) is 6.09. The second-order valence-electron chi connectivity index (χ2n) is 2.50. The minimum Gasteiger partial charge on any atom is -0.481 e. The van der Waals surface area contributed by atoms with Crippen LogP contribution in [0.4, 0.5) is 0 Å². The Labute approximate surface area is 89.6 Å². The van der Waals surface area contributed by atoms with Gasteiger partial charge in [-0.25, -0.2) is 4.98 Å². The molecule has 0 spiro atoms. The van der Waals surface area contributed by atoms with Gasteiger partial charge in [-0.1, -0.05) is 0 Å². The topological polar surface area (TPSA) is 65.2 Å². The third kappa shape index (κ3) is 3.17. The predicted molar refractivity (Wildman–Crippen MR) is 56.4 cm³/mol. The molecule has 0 unspecified atom stereocenters. The normalized spacial score (nSPS) is 9.69. The molecule has 1 amide bonds. The fraction of sp³-hybridized carbons (Fsp3) is 0.250. The maximum absolute atomic E-state index is 10.4. The fourth-order valence-electron chi connectivity index (χ4n) is 0.769. The summed E-state index contributed by atoms with van der Waals surface area (Å²) in [7, 11) is 0. The molecule has 4 nitrogen and oxygen atoms in total. The zero-order valence-corrected chi connectivity index (χ0v) is 9.24. The smallest absolute Gasteiger partial charge is 0.255 e. The van der Waals surface area contributed by atoms with Crippen molar-refractivity contribution in [2.45, 2.75) is 6.92 Å². The van der Waals surface area contributed by atoms with Crippen LogP contribution >= 0.6 is 22.6 Å². The van der Waals surface area contributed by atoms with Gasteiger partial charge >= 0.3 is 0 Å². The van der Waals surface area contributed by atoms with Gasteiger partial charge in [-0.3, -0.25) is 4.79 Å². The summed E-state index contributed by atoms with van der Waals surface area (Å²) in [5.41, 5.74) is 5.85. The summed E-state index contributed by atoms with van der Waals surface area (Å²) < 4.78 is 5.84. The van der Waals surface area contributed by atoms with E-state index in [1.165, 1.54) is 0 Å². The minimum absolute atomic E-state index is 0.110. The number of amides is 1. The molecule has 0 saturated heterocycles. The molecule has 0 bridgehead atoms. The van der Waals surface area contributed by atoms with Crippen molar-refractivity contribution in [2.75, 3.05) is 6.61 Å². The molecule has 2 N–H and O–H groups in total. The summed E-state index contributed by atoms with van der Waals surface area (Å²) >= 11 is 2.04. The molecule has 0 radical (unpaired) electrons. The number of carbonyl (C=O) groups is 1. The number of aryl methyl sites for hydroxylation is 1. The van der Waals surface area contributed by atoms with Gasteiger partial charge in [0.05, 0.1) is 0 Å². The summed E-state index contributed by atoms with van der Waals surface area (Å²) in [5.74, 6) is 0.0985. The number of pyridine rings is 1. The van der Waals surface area contributed by atoms with Crippen molar-refractivity contribution < 1.29 is 9.53 Å². The molecule has 0 atom stereocenters. The Morgan fingerprint density at radius 3 is 2.92 bits per heavy atom. The van der Waals surface area contributed by atoms with E-state index in [1.54, 1.807) is 6.07 Å². The summed E-state index contributed by atoms with van der Waals surface area (Å²) in [6.07, 6.45) is 0. The van der Waals surface area contributed by atoms with Crippen LogP contribution in [0.3, 0.4) is 0 Å². The Morgan fingerprint density at radius 2 is 2.38 bits per heavy atom. The Balaban J connectivity index is 2.72. The number of hydrogen-bond acceptors (Lipinski definition) is 3. The van der Waals surface area contributed by atoms with Crippen molar-refractivity contribution in [2.24, 2.45) is 5.73 Å². The summed E-state index contributed by atoms with van der Waals surface area (Å²) in [6.45, 7) is 1.78. The Hall–Kier alpha value is -0.850.